The maximum Gasteiger partial charge on any atom is 0.211 e. The minimum Gasteiger partial charge on any atom is -0.302 e. The van der Waals surface area contributed by atoms with Gasteiger partial charge in [0.1, 0.15) is 0 Å². The van der Waals surface area contributed by atoms with E-state index in [1.807, 2.05) is 6.92 Å². The molecule has 1 fully saturated rings. The molecule has 17 heavy (non-hydrogen) atoms. The normalized spacial score (nSPS) is 24.8. The molecule has 102 valence electrons. The van der Waals surface area contributed by atoms with Gasteiger partial charge in [0.25, 0.3) is 0 Å². The number of likely N-dealkylation sites (tertiary alicyclic amines) is 1. The van der Waals surface area contributed by atoms with Crippen molar-refractivity contribution in [3.63, 3.8) is 0 Å². The van der Waals surface area contributed by atoms with Crippen LogP contribution >= 0.6 is 11.6 Å². The number of hydrogen-bond donors (Lipinski definition) is 1. The van der Waals surface area contributed by atoms with Crippen molar-refractivity contribution >= 4 is 21.6 Å². The van der Waals surface area contributed by atoms with E-state index in [-0.39, 0.29) is 11.7 Å². The SMILES string of the molecule is CC(CCl)CS(=O)(=O)NCC1CCCCN1C. The first-order valence-corrected chi connectivity index (χ1v) is 8.37. The third-order valence-electron chi connectivity index (χ3n) is 3.23. The van der Waals surface area contributed by atoms with Gasteiger partial charge in [0.15, 0.2) is 0 Å². The van der Waals surface area contributed by atoms with Crippen LogP contribution in [-0.4, -0.2) is 51.1 Å². The van der Waals surface area contributed by atoms with Gasteiger partial charge in [-0.3, -0.25) is 0 Å². The molecule has 1 N–H and O–H groups in total. The van der Waals surface area contributed by atoms with Crippen LogP contribution in [0.2, 0.25) is 0 Å². The average Bonchev–Trinajstić information content (AvgIpc) is 2.27. The molecule has 2 unspecified atom stereocenters. The zero-order chi connectivity index (χ0) is 12.9. The summed E-state index contributed by atoms with van der Waals surface area (Å²) in [7, 11) is -1.12. The molecule has 0 aromatic rings. The topological polar surface area (TPSA) is 49.4 Å². The number of hydrogen-bond acceptors (Lipinski definition) is 3. The van der Waals surface area contributed by atoms with Crippen LogP contribution in [0, 0.1) is 5.92 Å². The first kappa shape index (κ1) is 15.2. The largest absolute Gasteiger partial charge is 0.302 e. The zero-order valence-electron chi connectivity index (χ0n) is 10.7. The van der Waals surface area contributed by atoms with Gasteiger partial charge >= 0.3 is 0 Å². The highest BCUT2D eigenvalue weighted by atomic mass is 35.5. The number of alkyl halides is 1. The van der Waals surface area contributed by atoms with Crippen molar-refractivity contribution in [1.29, 1.82) is 0 Å². The highest BCUT2D eigenvalue weighted by Gasteiger charge is 2.21. The number of sulfonamides is 1. The molecule has 1 rings (SSSR count). The van der Waals surface area contributed by atoms with Crippen LogP contribution in [0.1, 0.15) is 26.2 Å². The number of nitrogens with one attached hydrogen (secondary N) is 1. The number of likely N-dealkylation sites (N-methyl/N-ethyl adjacent to an activating group) is 1. The predicted octanol–water partition coefficient (Wildman–Crippen LogP) is 1.26. The summed E-state index contributed by atoms with van der Waals surface area (Å²) in [5, 5.41) is 0. The molecule has 0 bridgehead atoms. The molecular formula is C11H23ClN2O2S. The quantitative estimate of drug-likeness (QED) is 0.747. The minimum absolute atomic E-state index is 0.00162. The summed E-state index contributed by atoms with van der Waals surface area (Å²) in [5.74, 6) is 0.496. The highest BCUT2D eigenvalue weighted by molar-refractivity contribution is 7.89. The van der Waals surface area contributed by atoms with Crippen LogP contribution in [0.3, 0.4) is 0 Å². The van der Waals surface area contributed by atoms with Crippen LogP contribution < -0.4 is 4.72 Å². The van der Waals surface area contributed by atoms with Crippen molar-refractivity contribution in [1.82, 2.24) is 9.62 Å². The smallest absolute Gasteiger partial charge is 0.211 e. The Balaban J connectivity index is 2.38. The van der Waals surface area contributed by atoms with Crippen molar-refractivity contribution in [3.8, 4) is 0 Å². The van der Waals surface area contributed by atoms with Crippen molar-refractivity contribution < 1.29 is 8.42 Å². The summed E-state index contributed by atoms with van der Waals surface area (Å²) in [6, 6.07) is 0.338. The van der Waals surface area contributed by atoms with Crippen LogP contribution in [0.4, 0.5) is 0 Å². The van der Waals surface area contributed by atoms with Gasteiger partial charge in [-0.05, 0) is 32.4 Å². The molecule has 1 heterocycles. The molecule has 0 saturated carbocycles. The standard InChI is InChI=1S/C11H23ClN2O2S/c1-10(7-12)9-17(15,16)13-8-11-5-3-4-6-14(11)2/h10-11,13H,3-9H2,1-2H3. The van der Waals surface area contributed by atoms with E-state index in [2.05, 4.69) is 16.7 Å². The third kappa shape index (κ3) is 5.55. The lowest BCUT2D eigenvalue weighted by Crippen LogP contribution is -2.45. The van der Waals surface area contributed by atoms with Crippen molar-refractivity contribution in [2.75, 3.05) is 31.8 Å². The maximum absolute atomic E-state index is 11.8. The van der Waals surface area contributed by atoms with Gasteiger partial charge in [-0.1, -0.05) is 13.3 Å². The lowest BCUT2D eigenvalue weighted by atomic mass is 10.0. The van der Waals surface area contributed by atoms with Crippen LogP contribution in [0.15, 0.2) is 0 Å². The Hall–Kier alpha value is 0.160. The summed E-state index contributed by atoms with van der Waals surface area (Å²) in [6.45, 7) is 3.43. The molecule has 4 nitrogen and oxygen atoms in total. The van der Waals surface area contributed by atoms with E-state index in [0.717, 1.165) is 13.0 Å². The summed E-state index contributed by atoms with van der Waals surface area (Å²) in [4.78, 5) is 2.23. The van der Waals surface area contributed by atoms with E-state index in [1.165, 1.54) is 12.8 Å². The molecule has 1 saturated heterocycles. The van der Waals surface area contributed by atoms with Gasteiger partial charge in [-0.25, -0.2) is 13.1 Å². The number of halogens is 1. The van der Waals surface area contributed by atoms with Gasteiger partial charge < -0.3 is 4.90 Å². The Morgan fingerprint density at radius 2 is 2.18 bits per heavy atom. The van der Waals surface area contributed by atoms with E-state index in [4.69, 9.17) is 11.6 Å². The third-order valence-corrected chi connectivity index (χ3v) is 5.37. The molecule has 0 aromatic heterocycles. The molecule has 0 aromatic carbocycles. The van der Waals surface area contributed by atoms with Crippen LogP contribution in [0.5, 0.6) is 0 Å². The second kappa shape index (κ2) is 6.92. The second-order valence-electron chi connectivity index (χ2n) is 5.02. The first-order valence-electron chi connectivity index (χ1n) is 6.18. The molecule has 0 amide bonds. The first-order chi connectivity index (χ1) is 7.94. The average molecular weight is 283 g/mol. The maximum atomic E-state index is 11.8. The van der Waals surface area contributed by atoms with E-state index in [9.17, 15) is 8.42 Å². The number of piperidine rings is 1. The molecule has 1 aliphatic rings. The highest BCUT2D eigenvalue weighted by Crippen LogP contribution is 2.14. The molecule has 0 radical (unpaired) electrons. The van der Waals surface area contributed by atoms with Gasteiger partial charge in [0, 0.05) is 18.5 Å². The summed E-state index contributed by atoms with van der Waals surface area (Å²) >= 11 is 5.63. The summed E-state index contributed by atoms with van der Waals surface area (Å²) in [5.41, 5.74) is 0. The predicted molar refractivity (Wildman–Crippen MR) is 71.9 cm³/mol. The Morgan fingerprint density at radius 1 is 1.47 bits per heavy atom. The fraction of sp³-hybridized carbons (Fsp3) is 1.00. The number of rotatable bonds is 6. The van der Waals surface area contributed by atoms with Gasteiger partial charge in [-0.2, -0.15) is 0 Å². The molecule has 2 atom stereocenters. The lowest BCUT2D eigenvalue weighted by molar-refractivity contribution is 0.187. The molecule has 0 aliphatic carbocycles. The summed E-state index contributed by atoms with van der Waals surface area (Å²) in [6.07, 6.45) is 3.47. The fourth-order valence-electron chi connectivity index (χ4n) is 2.10. The van der Waals surface area contributed by atoms with E-state index in [1.54, 1.807) is 0 Å². The second-order valence-corrected chi connectivity index (χ2v) is 7.18. The minimum atomic E-state index is -3.18. The Labute approximate surface area is 110 Å². The Kier molecular flexibility index (Phi) is 6.20. The molecule has 0 spiro atoms. The van der Waals surface area contributed by atoms with Crippen LogP contribution in [-0.2, 0) is 10.0 Å². The van der Waals surface area contributed by atoms with Gasteiger partial charge in [-0.15, -0.1) is 11.6 Å². The van der Waals surface area contributed by atoms with E-state index in [0.29, 0.717) is 18.5 Å². The van der Waals surface area contributed by atoms with E-state index < -0.39 is 10.0 Å². The van der Waals surface area contributed by atoms with Crippen molar-refractivity contribution in [2.24, 2.45) is 5.92 Å². The van der Waals surface area contributed by atoms with Crippen molar-refractivity contribution in [3.05, 3.63) is 0 Å². The molecular weight excluding hydrogens is 260 g/mol. The lowest BCUT2D eigenvalue weighted by Gasteiger charge is -2.32. The van der Waals surface area contributed by atoms with Crippen LogP contribution in [0.25, 0.3) is 0 Å². The Bertz CT molecular complexity index is 321. The molecule has 1 aliphatic heterocycles. The molecule has 6 heteroatoms. The summed E-state index contributed by atoms with van der Waals surface area (Å²) < 4.78 is 26.2. The fourth-order valence-corrected chi connectivity index (χ4v) is 3.77. The number of nitrogens with zero attached hydrogens (tertiary/aromatic N) is 1. The van der Waals surface area contributed by atoms with Gasteiger partial charge in [0.2, 0.25) is 10.0 Å². The van der Waals surface area contributed by atoms with Gasteiger partial charge in [0.05, 0.1) is 5.75 Å². The van der Waals surface area contributed by atoms with E-state index >= 15 is 0 Å². The zero-order valence-corrected chi connectivity index (χ0v) is 12.2. The monoisotopic (exact) mass is 282 g/mol. The van der Waals surface area contributed by atoms with Crippen molar-refractivity contribution in [2.45, 2.75) is 32.2 Å². The Morgan fingerprint density at radius 3 is 2.76 bits per heavy atom.